The molecule has 2 aromatic rings. The fraction of sp³-hybridized carbons (Fsp3) is 0.423. The SMILES string of the molecule is CCCCN1C(=O)CCC(C(=O)NNC(=O)CNc2ccc(OC)cc2)C1c1ccccc1OC. The smallest absolute Gasteiger partial charge is 0.257 e. The van der Waals surface area contributed by atoms with E-state index >= 15 is 0 Å². The van der Waals surface area contributed by atoms with Crippen LogP contribution in [0.4, 0.5) is 5.69 Å². The number of carbonyl (C=O) groups is 3. The Balaban J connectivity index is 1.68. The van der Waals surface area contributed by atoms with Gasteiger partial charge in [-0.2, -0.15) is 0 Å². The lowest BCUT2D eigenvalue weighted by molar-refractivity contribution is -0.144. The minimum absolute atomic E-state index is 0.0195. The van der Waals surface area contributed by atoms with Crippen LogP contribution >= 0.6 is 0 Å². The molecule has 1 heterocycles. The van der Waals surface area contributed by atoms with E-state index in [1.807, 2.05) is 24.3 Å². The maximum Gasteiger partial charge on any atom is 0.257 e. The molecule has 3 amide bonds. The van der Waals surface area contributed by atoms with E-state index in [2.05, 4.69) is 23.1 Å². The summed E-state index contributed by atoms with van der Waals surface area (Å²) in [5.41, 5.74) is 6.58. The third-order valence-electron chi connectivity index (χ3n) is 6.12. The van der Waals surface area contributed by atoms with E-state index in [1.165, 1.54) is 0 Å². The van der Waals surface area contributed by atoms with Gasteiger partial charge in [-0.3, -0.25) is 25.2 Å². The van der Waals surface area contributed by atoms with E-state index in [9.17, 15) is 14.4 Å². The number of hydrogen-bond donors (Lipinski definition) is 3. The Morgan fingerprint density at radius 1 is 1.03 bits per heavy atom. The van der Waals surface area contributed by atoms with Gasteiger partial charge in [0.15, 0.2) is 0 Å². The average molecular weight is 483 g/mol. The van der Waals surface area contributed by atoms with Gasteiger partial charge in [0, 0.05) is 24.2 Å². The van der Waals surface area contributed by atoms with Crippen LogP contribution in [-0.2, 0) is 14.4 Å². The van der Waals surface area contributed by atoms with Gasteiger partial charge in [-0.1, -0.05) is 31.5 Å². The number of methoxy groups -OCH3 is 2. The first-order valence-electron chi connectivity index (χ1n) is 11.9. The molecule has 9 nitrogen and oxygen atoms in total. The number of likely N-dealkylation sites (tertiary alicyclic amines) is 1. The minimum Gasteiger partial charge on any atom is -0.497 e. The van der Waals surface area contributed by atoms with Crippen molar-refractivity contribution in [3.63, 3.8) is 0 Å². The molecule has 35 heavy (non-hydrogen) atoms. The number of nitrogens with one attached hydrogen (secondary N) is 3. The molecule has 2 aromatic carbocycles. The van der Waals surface area contributed by atoms with E-state index in [1.54, 1.807) is 43.4 Å². The Hall–Kier alpha value is -3.75. The van der Waals surface area contributed by atoms with E-state index < -0.39 is 17.9 Å². The molecule has 1 aliphatic rings. The van der Waals surface area contributed by atoms with E-state index in [0.717, 1.165) is 29.8 Å². The number of para-hydroxylation sites is 1. The summed E-state index contributed by atoms with van der Waals surface area (Å²) in [6.45, 7) is 2.60. The summed E-state index contributed by atoms with van der Waals surface area (Å²) in [5, 5.41) is 3.00. The molecule has 0 radical (unpaired) electrons. The highest BCUT2D eigenvalue weighted by Crippen LogP contribution is 2.40. The molecule has 1 aliphatic heterocycles. The van der Waals surface area contributed by atoms with Crippen LogP contribution in [0.1, 0.15) is 44.2 Å². The van der Waals surface area contributed by atoms with Crippen molar-refractivity contribution in [2.24, 2.45) is 5.92 Å². The first-order valence-corrected chi connectivity index (χ1v) is 11.9. The standard InChI is InChI=1S/C26H34N4O5/c1-4-5-16-30-24(32)15-14-21(25(30)20-8-6-7-9-22(20)35-3)26(33)29-28-23(31)17-27-18-10-12-19(34-2)13-11-18/h6-13,21,25,27H,4-5,14-17H2,1-3H3,(H,28,31)(H,29,33). The van der Waals surface area contributed by atoms with Crippen molar-refractivity contribution >= 4 is 23.4 Å². The van der Waals surface area contributed by atoms with E-state index in [-0.39, 0.29) is 24.8 Å². The lowest BCUT2D eigenvalue weighted by atomic mass is 9.83. The zero-order valence-corrected chi connectivity index (χ0v) is 20.5. The normalized spacial score (nSPS) is 17.5. The van der Waals surface area contributed by atoms with Crippen molar-refractivity contribution in [1.29, 1.82) is 0 Å². The topological polar surface area (TPSA) is 109 Å². The molecular formula is C26H34N4O5. The molecule has 188 valence electrons. The molecule has 0 spiro atoms. The number of unbranched alkanes of at least 4 members (excludes halogenated alkanes) is 1. The van der Waals surface area contributed by atoms with Gasteiger partial charge in [0.05, 0.1) is 32.7 Å². The molecule has 3 N–H and O–H groups in total. The van der Waals surface area contributed by atoms with Crippen molar-refractivity contribution in [2.45, 2.75) is 38.6 Å². The van der Waals surface area contributed by atoms with Crippen LogP contribution in [0, 0.1) is 5.92 Å². The minimum atomic E-state index is -0.532. The number of hydrogen-bond acceptors (Lipinski definition) is 6. The molecular weight excluding hydrogens is 448 g/mol. The van der Waals surface area contributed by atoms with Crippen molar-refractivity contribution < 1.29 is 23.9 Å². The van der Waals surface area contributed by atoms with Gasteiger partial charge in [-0.05, 0) is 43.2 Å². The summed E-state index contributed by atoms with van der Waals surface area (Å²) in [7, 11) is 3.16. The zero-order chi connectivity index (χ0) is 25.2. The number of rotatable bonds is 10. The Bertz CT molecular complexity index is 1010. The quantitative estimate of drug-likeness (QED) is 0.449. The third kappa shape index (κ3) is 6.65. The number of hydrazine groups is 1. The number of carbonyl (C=O) groups excluding carboxylic acids is 3. The summed E-state index contributed by atoms with van der Waals surface area (Å²) in [6, 6.07) is 14.1. The van der Waals surface area contributed by atoms with Crippen molar-refractivity contribution in [3.05, 3.63) is 54.1 Å². The van der Waals surface area contributed by atoms with Gasteiger partial charge in [-0.25, -0.2) is 0 Å². The van der Waals surface area contributed by atoms with Crippen molar-refractivity contribution in [1.82, 2.24) is 15.8 Å². The Morgan fingerprint density at radius 2 is 1.77 bits per heavy atom. The molecule has 0 bridgehead atoms. The summed E-state index contributed by atoms with van der Waals surface area (Å²) in [5.74, 6) is 0.0994. The maximum atomic E-state index is 13.2. The lowest BCUT2D eigenvalue weighted by Crippen LogP contribution is -2.52. The number of benzene rings is 2. The highest BCUT2D eigenvalue weighted by Gasteiger charge is 2.41. The van der Waals surface area contributed by atoms with Crippen LogP contribution in [0.3, 0.4) is 0 Å². The molecule has 1 saturated heterocycles. The van der Waals surface area contributed by atoms with Gasteiger partial charge in [0.1, 0.15) is 11.5 Å². The van der Waals surface area contributed by atoms with Crippen LogP contribution in [0.15, 0.2) is 48.5 Å². The molecule has 1 fully saturated rings. The Labute approximate surface area is 206 Å². The Kier molecular flexibility index (Phi) is 9.34. The van der Waals surface area contributed by atoms with Crippen molar-refractivity contribution in [2.75, 3.05) is 32.6 Å². The zero-order valence-electron chi connectivity index (χ0n) is 20.5. The summed E-state index contributed by atoms with van der Waals surface area (Å²) >= 11 is 0. The number of anilines is 1. The second-order valence-corrected chi connectivity index (χ2v) is 8.39. The van der Waals surface area contributed by atoms with Gasteiger partial charge in [0.2, 0.25) is 11.8 Å². The second-order valence-electron chi connectivity index (χ2n) is 8.39. The molecule has 3 rings (SSSR count). The van der Waals surface area contributed by atoms with Gasteiger partial charge in [-0.15, -0.1) is 0 Å². The van der Waals surface area contributed by atoms with Crippen LogP contribution in [-0.4, -0.2) is 49.9 Å². The summed E-state index contributed by atoms with van der Waals surface area (Å²) in [4.78, 5) is 40.2. The predicted octanol–water partition coefficient (Wildman–Crippen LogP) is 3.04. The van der Waals surface area contributed by atoms with Crippen molar-refractivity contribution in [3.8, 4) is 11.5 Å². The third-order valence-corrected chi connectivity index (χ3v) is 6.12. The molecule has 0 aromatic heterocycles. The van der Waals surface area contributed by atoms with Crippen LogP contribution < -0.4 is 25.6 Å². The van der Waals surface area contributed by atoms with Gasteiger partial charge in [0.25, 0.3) is 5.91 Å². The van der Waals surface area contributed by atoms with Gasteiger partial charge < -0.3 is 19.7 Å². The molecule has 2 unspecified atom stereocenters. The summed E-state index contributed by atoms with van der Waals surface area (Å²) < 4.78 is 10.7. The number of ether oxygens (including phenoxy) is 2. The second kappa shape index (κ2) is 12.6. The van der Waals surface area contributed by atoms with Crippen LogP contribution in [0.2, 0.25) is 0 Å². The predicted molar refractivity (Wildman–Crippen MR) is 133 cm³/mol. The highest BCUT2D eigenvalue weighted by atomic mass is 16.5. The highest BCUT2D eigenvalue weighted by molar-refractivity contribution is 5.88. The molecule has 0 aliphatic carbocycles. The summed E-state index contributed by atoms with van der Waals surface area (Å²) in [6.07, 6.45) is 2.42. The van der Waals surface area contributed by atoms with E-state index in [0.29, 0.717) is 18.7 Å². The maximum absolute atomic E-state index is 13.2. The molecule has 0 saturated carbocycles. The average Bonchev–Trinajstić information content (AvgIpc) is 2.89. The van der Waals surface area contributed by atoms with E-state index in [4.69, 9.17) is 9.47 Å². The van der Waals surface area contributed by atoms with Gasteiger partial charge >= 0.3 is 0 Å². The fourth-order valence-electron chi connectivity index (χ4n) is 4.27. The Morgan fingerprint density at radius 3 is 2.46 bits per heavy atom. The fourth-order valence-corrected chi connectivity index (χ4v) is 4.27. The number of piperidine rings is 1. The van der Waals surface area contributed by atoms with Crippen LogP contribution in [0.5, 0.6) is 11.5 Å². The monoisotopic (exact) mass is 482 g/mol. The van der Waals surface area contributed by atoms with Crippen LogP contribution in [0.25, 0.3) is 0 Å². The largest absolute Gasteiger partial charge is 0.497 e. The molecule has 2 atom stereocenters. The molecule has 9 heteroatoms. The first kappa shape index (κ1) is 25.9. The lowest BCUT2D eigenvalue weighted by Gasteiger charge is -2.41. The number of nitrogens with zero attached hydrogens (tertiary/aromatic N) is 1. The first-order chi connectivity index (χ1) is 17.0. The number of amides is 3.